The summed E-state index contributed by atoms with van der Waals surface area (Å²) < 4.78 is 4.67. The fourth-order valence-corrected chi connectivity index (χ4v) is 2.08. The summed E-state index contributed by atoms with van der Waals surface area (Å²) in [6, 6.07) is 3.46. The number of hydrogen-bond donors (Lipinski definition) is 0. The van der Waals surface area contributed by atoms with E-state index >= 15 is 0 Å². The Balaban J connectivity index is 2.23. The Hall–Kier alpha value is -1.91. The molecule has 1 aromatic rings. The second kappa shape index (κ2) is 5.16. The summed E-state index contributed by atoms with van der Waals surface area (Å²) >= 11 is 0. The number of aromatic nitrogens is 1. The number of esters is 1. The van der Waals surface area contributed by atoms with E-state index in [4.69, 9.17) is 0 Å². The topological polar surface area (TPSA) is 59.5 Å². The number of pyridine rings is 1. The molecule has 0 N–H and O–H groups in total. The van der Waals surface area contributed by atoms with Crippen molar-refractivity contribution in [3.63, 3.8) is 0 Å². The molecular weight excluding hydrogens is 232 g/mol. The van der Waals surface area contributed by atoms with Gasteiger partial charge in [-0.1, -0.05) is 0 Å². The highest BCUT2D eigenvalue weighted by Gasteiger charge is 2.19. The zero-order chi connectivity index (χ0) is 13.1. The van der Waals surface area contributed by atoms with E-state index in [-0.39, 0.29) is 11.8 Å². The highest BCUT2D eigenvalue weighted by molar-refractivity contribution is 5.91. The van der Waals surface area contributed by atoms with Crippen molar-refractivity contribution in [3.05, 3.63) is 23.4 Å². The van der Waals surface area contributed by atoms with Gasteiger partial charge in [-0.3, -0.25) is 4.79 Å². The van der Waals surface area contributed by atoms with Crippen molar-refractivity contribution in [1.82, 2.24) is 4.98 Å². The van der Waals surface area contributed by atoms with Gasteiger partial charge in [0.2, 0.25) is 0 Å². The van der Waals surface area contributed by atoms with E-state index in [2.05, 4.69) is 9.72 Å². The lowest BCUT2D eigenvalue weighted by Gasteiger charge is -2.27. The first-order valence-corrected chi connectivity index (χ1v) is 5.94. The molecule has 0 radical (unpaired) electrons. The van der Waals surface area contributed by atoms with E-state index < -0.39 is 0 Å². The Labute approximate surface area is 106 Å². The van der Waals surface area contributed by atoms with Gasteiger partial charge in [0.05, 0.1) is 24.9 Å². The molecule has 0 bridgehead atoms. The SMILES string of the molecule is COC(=O)c1ccc(N2CCCC(=O)C2)nc1C. The number of methoxy groups -OCH3 is 1. The molecule has 1 fully saturated rings. The molecule has 0 unspecified atom stereocenters. The van der Waals surface area contributed by atoms with E-state index in [9.17, 15) is 9.59 Å². The van der Waals surface area contributed by atoms with Gasteiger partial charge in [-0.05, 0) is 25.5 Å². The molecule has 96 valence electrons. The molecule has 2 heterocycles. The number of aryl methyl sites for hydroxylation is 1. The monoisotopic (exact) mass is 248 g/mol. The quantitative estimate of drug-likeness (QED) is 0.739. The molecule has 1 aliphatic heterocycles. The Bertz CT molecular complexity index is 485. The second-order valence-electron chi connectivity index (χ2n) is 4.36. The van der Waals surface area contributed by atoms with Crippen LogP contribution in [0.15, 0.2) is 12.1 Å². The Morgan fingerprint density at radius 2 is 2.22 bits per heavy atom. The lowest BCUT2D eigenvalue weighted by molar-refractivity contribution is -0.118. The molecule has 1 aliphatic rings. The van der Waals surface area contributed by atoms with E-state index in [1.165, 1.54) is 7.11 Å². The van der Waals surface area contributed by atoms with Crippen LogP contribution >= 0.6 is 0 Å². The van der Waals surface area contributed by atoms with Crippen LogP contribution in [0.5, 0.6) is 0 Å². The van der Waals surface area contributed by atoms with Crippen molar-refractivity contribution in [2.45, 2.75) is 19.8 Å². The first kappa shape index (κ1) is 12.5. The Kier molecular flexibility index (Phi) is 3.60. The average Bonchev–Trinajstić information content (AvgIpc) is 2.37. The third-order valence-corrected chi connectivity index (χ3v) is 3.05. The van der Waals surface area contributed by atoms with Crippen LogP contribution in [0, 0.1) is 6.92 Å². The van der Waals surface area contributed by atoms with E-state index in [1.807, 2.05) is 4.90 Å². The molecule has 0 aromatic carbocycles. The third kappa shape index (κ3) is 2.50. The molecule has 1 saturated heterocycles. The molecule has 0 amide bonds. The van der Waals surface area contributed by atoms with Crippen molar-refractivity contribution >= 4 is 17.6 Å². The minimum absolute atomic E-state index is 0.234. The molecule has 0 aliphatic carbocycles. The van der Waals surface area contributed by atoms with Crippen LogP contribution in [0.3, 0.4) is 0 Å². The minimum atomic E-state index is -0.388. The number of hydrogen-bond acceptors (Lipinski definition) is 5. The number of ketones is 1. The van der Waals surface area contributed by atoms with Crippen LogP contribution in [-0.4, -0.2) is 36.9 Å². The predicted molar refractivity (Wildman–Crippen MR) is 66.8 cm³/mol. The Morgan fingerprint density at radius 1 is 1.44 bits per heavy atom. The zero-order valence-electron chi connectivity index (χ0n) is 10.6. The standard InChI is InChI=1S/C13H16N2O3/c1-9-11(13(17)18-2)5-6-12(14-9)15-7-3-4-10(16)8-15/h5-6H,3-4,7-8H2,1-2H3. The van der Waals surface area contributed by atoms with Gasteiger partial charge in [-0.15, -0.1) is 0 Å². The van der Waals surface area contributed by atoms with Gasteiger partial charge < -0.3 is 9.64 Å². The average molecular weight is 248 g/mol. The van der Waals surface area contributed by atoms with Gasteiger partial charge in [-0.25, -0.2) is 9.78 Å². The maximum atomic E-state index is 11.4. The van der Waals surface area contributed by atoms with E-state index in [0.717, 1.165) is 18.8 Å². The largest absolute Gasteiger partial charge is 0.465 e. The van der Waals surface area contributed by atoms with Crippen molar-refractivity contribution in [2.24, 2.45) is 0 Å². The normalized spacial score (nSPS) is 15.7. The molecule has 0 saturated carbocycles. The molecule has 0 atom stereocenters. The molecule has 18 heavy (non-hydrogen) atoms. The number of nitrogens with zero attached hydrogens (tertiary/aromatic N) is 2. The van der Waals surface area contributed by atoms with Crippen molar-refractivity contribution in [3.8, 4) is 0 Å². The van der Waals surface area contributed by atoms with Gasteiger partial charge in [0.15, 0.2) is 5.78 Å². The summed E-state index contributed by atoms with van der Waals surface area (Å²) in [5, 5.41) is 0. The van der Waals surface area contributed by atoms with E-state index in [0.29, 0.717) is 24.2 Å². The summed E-state index contributed by atoms with van der Waals surface area (Å²) in [6.07, 6.45) is 1.51. The maximum Gasteiger partial charge on any atom is 0.339 e. The van der Waals surface area contributed by atoms with Crippen LogP contribution in [0.1, 0.15) is 28.9 Å². The van der Waals surface area contributed by atoms with Crippen LogP contribution in [0.4, 0.5) is 5.82 Å². The summed E-state index contributed by atoms with van der Waals surface area (Å²) in [7, 11) is 1.35. The van der Waals surface area contributed by atoms with Gasteiger partial charge in [0.1, 0.15) is 5.82 Å². The number of rotatable bonds is 2. The number of Topliss-reactive ketones (excluding diaryl/α,β-unsaturated/α-hetero) is 1. The lowest BCUT2D eigenvalue weighted by Crippen LogP contribution is -2.36. The van der Waals surface area contributed by atoms with Gasteiger partial charge in [-0.2, -0.15) is 0 Å². The molecule has 0 spiro atoms. The van der Waals surface area contributed by atoms with Gasteiger partial charge in [0, 0.05) is 13.0 Å². The number of carbonyl (C=O) groups excluding carboxylic acids is 2. The fraction of sp³-hybridized carbons (Fsp3) is 0.462. The lowest BCUT2D eigenvalue weighted by atomic mass is 10.1. The predicted octanol–water partition coefficient (Wildman–Crippen LogP) is 1.35. The van der Waals surface area contributed by atoms with Crippen LogP contribution in [-0.2, 0) is 9.53 Å². The third-order valence-electron chi connectivity index (χ3n) is 3.05. The van der Waals surface area contributed by atoms with Crippen LogP contribution in [0.2, 0.25) is 0 Å². The van der Waals surface area contributed by atoms with Crippen molar-refractivity contribution < 1.29 is 14.3 Å². The summed E-state index contributed by atoms with van der Waals surface area (Å²) in [6.45, 7) is 3.00. The first-order valence-electron chi connectivity index (χ1n) is 5.94. The molecular formula is C13H16N2O3. The first-order chi connectivity index (χ1) is 8.61. The minimum Gasteiger partial charge on any atom is -0.465 e. The second-order valence-corrected chi connectivity index (χ2v) is 4.36. The molecule has 5 nitrogen and oxygen atoms in total. The summed E-state index contributed by atoms with van der Waals surface area (Å²) in [5.74, 6) is 0.590. The van der Waals surface area contributed by atoms with Crippen molar-refractivity contribution in [1.29, 1.82) is 0 Å². The summed E-state index contributed by atoms with van der Waals surface area (Å²) in [5.41, 5.74) is 1.09. The van der Waals surface area contributed by atoms with Crippen molar-refractivity contribution in [2.75, 3.05) is 25.1 Å². The van der Waals surface area contributed by atoms with Crippen LogP contribution < -0.4 is 4.90 Å². The molecule has 1 aromatic heterocycles. The summed E-state index contributed by atoms with van der Waals surface area (Å²) in [4.78, 5) is 29.2. The van der Waals surface area contributed by atoms with Gasteiger partial charge >= 0.3 is 5.97 Å². The highest BCUT2D eigenvalue weighted by atomic mass is 16.5. The van der Waals surface area contributed by atoms with E-state index in [1.54, 1.807) is 19.1 Å². The Morgan fingerprint density at radius 3 is 2.83 bits per heavy atom. The fourth-order valence-electron chi connectivity index (χ4n) is 2.08. The smallest absolute Gasteiger partial charge is 0.339 e. The van der Waals surface area contributed by atoms with Gasteiger partial charge in [0.25, 0.3) is 0 Å². The molecule has 5 heteroatoms. The zero-order valence-corrected chi connectivity index (χ0v) is 10.6. The number of piperidine rings is 1. The maximum absolute atomic E-state index is 11.4. The number of ether oxygens (including phenoxy) is 1. The highest BCUT2D eigenvalue weighted by Crippen LogP contribution is 2.18. The number of carbonyl (C=O) groups is 2. The molecule has 2 rings (SSSR count). The van der Waals surface area contributed by atoms with Crippen LogP contribution in [0.25, 0.3) is 0 Å². The number of anilines is 1.